The van der Waals surface area contributed by atoms with E-state index in [9.17, 15) is 0 Å². The molecule has 2 N–H and O–H groups in total. The Bertz CT molecular complexity index is 758. The molecule has 2 aromatic carbocycles. The Morgan fingerprint density at radius 3 is 2.57 bits per heavy atom. The zero-order valence-electron chi connectivity index (χ0n) is 11.9. The molecular formula is C17H17N3O. The first-order valence-electron chi connectivity index (χ1n) is 6.87. The van der Waals surface area contributed by atoms with Gasteiger partial charge < -0.3 is 10.5 Å². The molecule has 4 heteroatoms. The van der Waals surface area contributed by atoms with Crippen molar-refractivity contribution < 1.29 is 4.74 Å². The van der Waals surface area contributed by atoms with E-state index in [1.165, 1.54) is 0 Å². The third-order valence-corrected chi connectivity index (χ3v) is 3.48. The van der Waals surface area contributed by atoms with Crippen LogP contribution in [0.15, 0.2) is 54.7 Å². The van der Waals surface area contributed by atoms with Crippen LogP contribution in [-0.4, -0.2) is 17.1 Å². The van der Waals surface area contributed by atoms with Gasteiger partial charge in [0.2, 0.25) is 0 Å². The summed E-state index contributed by atoms with van der Waals surface area (Å²) in [6, 6.07) is 15.5. The topological polar surface area (TPSA) is 61.0 Å². The quantitative estimate of drug-likeness (QED) is 0.797. The molecule has 0 bridgehead atoms. The van der Waals surface area contributed by atoms with E-state index in [0.717, 1.165) is 28.0 Å². The van der Waals surface area contributed by atoms with E-state index in [-0.39, 0.29) is 6.04 Å². The molecule has 3 aromatic rings. The highest BCUT2D eigenvalue weighted by Gasteiger charge is 2.12. The number of ether oxygens (including phenoxy) is 1. The maximum Gasteiger partial charge on any atom is 0.122 e. The molecule has 106 valence electrons. The van der Waals surface area contributed by atoms with Crippen LogP contribution in [0.2, 0.25) is 0 Å². The number of para-hydroxylation sites is 3. The van der Waals surface area contributed by atoms with Gasteiger partial charge in [0.15, 0.2) is 0 Å². The van der Waals surface area contributed by atoms with Gasteiger partial charge in [-0.25, -0.2) is 4.98 Å². The minimum Gasteiger partial charge on any atom is -0.496 e. The number of methoxy groups -OCH3 is 1. The molecule has 0 aliphatic carbocycles. The largest absolute Gasteiger partial charge is 0.496 e. The monoisotopic (exact) mass is 279 g/mol. The van der Waals surface area contributed by atoms with Crippen molar-refractivity contribution in [2.45, 2.75) is 12.5 Å². The summed E-state index contributed by atoms with van der Waals surface area (Å²) >= 11 is 0. The average Bonchev–Trinajstić information content (AvgIpc) is 2.55. The molecule has 0 amide bonds. The average molecular weight is 279 g/mol. The summed E-state index contributed by atoms with van der Waals surface area (Å²) in [5.74, 6) is 0.849. The van der Waals surface area contributed by atoms with Crippen LogP contribution in [0, 0.1) is 0 Å². The molecule has 21 heavy (non-hydrogen) atoms. The molecule has 1 aromatic heterocycles. The smallest absolute Gasteiger partial charge is 0.122 e. The standard InChI is InChI=1S/C17H17N3O/c1-21-17-9-5-2-6-12(17)10-13(18)16-11-19-14-7-3-4-8-15(14)20-16/h2-9,11,13H,10,18H2,1H3. The summed E-state index contributed by atoms with van der Waals surface area (Å²) in [6.45, 7) is 0. The number of hydrogen-bond donors (Lipinski definition) is 1. The van der Waals surface area contributed by atoms with Crippen molar-refractivity contribution in [3.05, 3.63) is 66.0 Å². The van der Waals surface area contributed by atoms with Crippen LogP contribution in [0.5, 0.6) is 5.75 Å². The van der Waals surface area contributed by atoms with Crippen molar-refractivity contribution in [3.63, 3.8) is 0 Å². The van der Waals surface area contributed by atoms with Crippen molar-refractivity contribution in [1.29, 1.82) is 0 Å². The van der Waals surface area contributed by atoms with Crippen molar-refractivity contribution in [2.24, 2.45) is 5.73 Å². The summed E-state index contributed by atoms with van der Waals surface area (Å²) < 4.78 is 5.36. The second-order valence-corrected chi connectivity index (χ2v) is 4.91. The molecule has 0 aliphatic heterocycles. The Hall–Kier alpha value is -2.46. The second-order valence-electron chi connectivity index (χ2n) is 4.91. The Morgan fingerprint density at radius 2 is 1.76 bits per heavy atom. The second kappa shape index (κ2) is 5.89. The van der Waals surface area contributed by atoms with Gasteiger partial charge in [-0.1, -0.05) is 30.3 Å². The summed E-state index contributed by atoms with van der Waals surface area (Å²) in [5, 5.41) is 0. The van der Waals surface area contributed by atoms with E-state index in [1.807, 2.05) is 48.5 Å². The van der Waals surface area contributed by atoms with E-state index in [4.69, 9.17) is 10.5 Å². The van der Waals surface area contributed by atoms with E-state index >= 15 is 0 Å². The van der Waals surface area contributed by atoms with Crippen LogP contribution < -0.4 is 10.5 Å². The molecule has 0 radical (unpaired) electrons. The highest BCUT2D eigenvalue weighted by molar-refractivity contribution is 5.73. The molecule has 1 unspecified atom stereocenters. The van der Waals surface area contributed by atoms with E-state index in [1.54, 1.807) is 13.3 Å². The van der Waals surface area contributed by atoms with Gasteiger partial charge in [-0.3, -0.25) is 4.98 Å². The van der Waals surface area contributed by atoms with Gasteiger partial charge in [-0.15, -0.1) is 0 Å². The highest BCUT2D eigenvalue weighted by atomic mass is 16.5. The minimum absolute atomic E-state index is 0.210. The van der Waals surface area contributed by atoms with Gasteiger partial charge >= 0.3 is 0 Å². The van der Waals surface area contributed by atoms with Gasteiger partial charge in [0.25, 0.3) is 0 Å². The van der Waals surface area contributed by atoms with Gasteiger partial charge in [0.1, 0.15) is 5.75 Å². The van der Waals surface area contributed by atoms with Crippen LogP contribution in [0.25, 0.3) is 11.0 Å². The molecule has 0 saturated carbocycles. The lowest BCUT2D eigenvalue weighted by Gasteiger charge is -2.14. The van der Waals surface area contributed by atoms with Crippen LogP contribution in [0.1, 0.15) is 17.3 Å². The summed E-state index contributed by atoms with van der Waals surface area (Å²) in [7, 11) is 1.67. The first-order chi connectivity index (χ1) is 10.3. The molecule has 0 aliphatic rings. The van der Waals surface area contributed by atoms with E-state index < -0.39 is 0 Å². The normalized spacial score (nSPS) is 12.3. The predicted molar refractivity (Wildman–Crippen MR) is 83.2 cm³/mol. The predicted octanol–water partition coefficient (Wildman–Crippen LogP) is 2.88. The van der Waals surface area contributed by atoms with Crippen LogP contribution in [0.4, 0.5) is 0 Å². The van der Waals surface area contributed by atoms with E-state index in [2.05, 4.69) is 9.97 Å². The number of nitrogens with zero attached hydrogens (tertiary/aromatic N) is 2. The summed E-state index contributed by atoms with van der Waals surface area (Å²) in [4.78, 5) is 9.01. The fraction of sp³-hybridized carbons (Fsp3) is 0.176. The number of benzene rings is 2. The number of rotatable bonds is 4. The van der Waals surface area contributed by atoms with Crippen LogP contribution in [-0.2, 0) is 6.42 Å². The van der Waals surface area contributed by atoms with Crippen molar-refractivity contribution in [1.82, 2.24) is 9.97 Å². The Morgan fingerprint density at radius 1 is 1.05 bits per heavy atom. The third kappa shape index (κ3) is 2.85. The SMILES string of the molecule is COc1ccccc1CC(N)c1cnc2ccccc2n1. The van der Waals surface area contributed by atoms with Gasteiger partial charge in [0.05, 0.1) is 36.1 Å². The fourth-order valence-electron chi connectivity index (χ4n) is 2.36. The van der Waals surface area contributed by atoms with E-state index in [0.29, 0.717) is 6.42 Å². The molecule has 1 heterocycles. The Labute approximate surface area is 123 Å². The lowest BCUT2D eigenvalue weighted by molar-refractivity contribution is 0.408. The maximum absolute atomic E-state index is 6.28. The lowest BCUT2D eigenvalue weighted by Crippen LogP contribution is -2.15. The zero-order chi connectivity index (χ0) is 14.7. The molecule has 4 nitrogen and oxygen atoms in total. The minimum atomic E-state index is -0.210. The molecule has 3 rings (SSSR count). The number of nitrogens with two attached hydrogens (primary N) is 1. The van der Waals surface area contributed by atoms with Crippen LogP contribution in [0.3, 0.4) is 0 Å². The molecule has 1 atom stereocenters. The Kier molecular flexibility index (Phi) is 3.79. The van der Waals surface area contributed by atoms with Crippen molar-refractivity contribution >= 4 is 11.0 Å². The lowest BCUT2D eigenvalue weighted by atomic mass is 10.0. The summed E-state index contributed by atoms with van der Waals surface area (Å²) in [6.07, 6.45) is 2.42. The van der Waals surface area contributed by atoms with Crippen LogP contribution >= 0.6 is 0 Å². The summed E-state index contributed by atoms with van der Waals surface area (Å²) in [5.41, 5.74) is 9.89. The van der Waals surface area contributed by atoms with Gasteiger partial charge in [0, 0.05) is 0 Å². The number of fused-ring (bicyclic) bond motifs is 1. The first kappa shape index (κ1) is 13.5. The number of hydrogen-bond acceptors (Lipinski definition) is 4. The number of aromatic nitrogens is 2. The fourth-order valence-corrected chi connectivity index (χ4v) is 2.36. The third-order valence-electron chi connectivity index (χ3n) is 3.48. The van der Waals surface area contributed by atoms with Gasteiger partial charge in [-0.2, -0.15) is 0 Å². The molecule has 0 spiro atoms. The molecular weight excluding hydrogens is 262 g/mol. The Balaban J connectivity index is 1.88. The molecule has 0 saturated heterocycles. The van der Waals surface area contributed by atoms with Crippen molar-refractivity contribution in [2.75, 3.05) is 7.11 Å². The first-order valence-corrected chi connectivity index (χ1v) is 6.87. The van der Waals surface area contributed by atoms with Gasteiger partial charge in [-0.05, 0) is 30.2 Å². The van der Waals surface area contributed by atoms with Crippen molar-refractivity contribution in [3.8, 4) is 5.75 Å². The zero-order valence-corrected chi connectivity index (χ0v) is 11.9. The molecule has 0 fully saturated rings. The highest BCUT2D eigenvalue weighted by Crippen LogP contribution is 2.23. The maximum atomic E-state index is 6.28.